The fourth-order valence-electron chi connectivity index (χ4n) is 4.35. The number of halogens is 3. The molecule has 0 N–H and O–H groups in total. The zero-order chi connectivity index (χ0) is 27.8. The van der Waals surface area contributed by atoms with Crippen LogP contribution < -0.4 is 19.6 Å². The fourth-order valence-corrected chi connectivity index (χ4v) is 6.32. The van der Waals surface area contributed by atoms with Crippen molar-refractivity contribution in [3.63, 3.8) is 0 Å². The van der Waals surface area contributed by atoms with Crippen LogP contribution in [0.5, 0.6) is 5.75 Å². The molecule has 0 fully saturated rings. The van der Waals surface area contributed by atoms with Crippen molar-refractivity contribution in [3.8, 4) is 17.1 Å². The highest BCUT2D eigenvalue weighted by Crippen LogP contribution is 2.35. The molecule has 39 heavy (non-hydrogen) atoms. The summed E-state index contributed by atoms with van der Waals surface area (Å²) in [4.78, 5) is 31.9. The highest BCUT2D eigenvalue weighted by Gasteiger charge is 2.33. The third kappa shape index (κ3) is 5.24. The van der Waals surface area contributed by atoms with Gasteiger partial charge in [0.2, 0.25) is 0 Å². The largest absolute Gasteiger partial charge is 0.496 e. The first-order chi connectivity index (χ1) is 18.7. The molecule has 7 nitrogen and oxygen atoms in total. The molecule has 200 valence electrons. The number of ether oxygens (including phenoxy) is 2. The second-order valence-corrected chi connectivity index (χ2v) is 11.2. The first-order valence-electron chi connectivity index (χ1n) is 11.8. The quantitative estimate of drug-likeness (QED) is 0.235. The molecule has 0 saturated heterocycles. The summed E-state index contributed by atoms with van der Waals surface area (Å²) >= 11 is 17.2. The molecule has 0 aliphatic carbocycles. The second kappa shape index (κ2) is 11.2. The fraction of sp³-hybridized carbons (Fsp3) is 0.179. The van der Waals surface area contributed by atoms with Crippen LogP contribution in [0.3, 0.4) is 0 Å². The monoisotopic (exact) mass is 646 g/mol. The molecule has 0 amide bonds. The Balaban J connectivity index is 1.65. The third-order valence-electron chi connectivity index (χ3n) is 6.10. The van der Waals surface area contributed by atoms with E-state index in [1.165, 1.54) is 15.9 Å². The summed E-state index contributed by atoms with van der Waals surface area (Å²) in [7, 11) is 1.57. The number of hydrogen-bond acceptors (Lipinski definition) is 7. The first kappa shape index (κ1) is 27.5. The van der Waals surface area contributed by atoms with Gasteiger partial charge in [-0.3, -0.25) is 9.36 Å². The molecule has 5 rings (SSSR count). The number of allylic oxidation sites excluding steroid dienone is 1. The highest BCUT2D eigenvalue weighted by atomic mass is 79.9. The van der Waals surface area contributed by atoms with Gasteiger partial charge in [-0.25, -0.2) is 9.79 Å². The van der Waals surface area contributed by atoms with Gasteiger partial charge in [-0.15, -0.1) is 0 Å². The van der Waals surface area contributed by atoms with E-state index in [1.807, 2.05) is 12.1 Å². The minimum absolute atomic E-state index is 0.191. The van der Waals surface area contributed by atoms with Gasteiger partial charge in [-0.2, -0.15) is 0 Å². The summed E-state index contributed by atoms with van der Waals surface area (Å²) in [5, 5.41) is 1.02. The van der Waals surface area contributed by atoms with Gasteiger partial charge < -0.3 is 13.9 Å². The molecular formula is C28H21BrCl2N2O5S. The Morgan fingerprint density at radius 1 is 1.21 bits per heavy atom. The summed E-state index contributed by atoms with van der Waals surface area (Å²) in [6, 6.07) is 13.3. The molecule has 1 aliphatic rings. The maximum absolute atomic E-state index is 13.8. The van der Waals surface area contributed by atoms with Crippen molar-refractivity contribution in [3.05, 3.63) is 105 Å². The SMILES string of the molecule is CCOC(=O)C1=C(C)N=c2s/c(=C/c3ccc(-c4cc(Cl)ccc4Cl)o3)c(=O)n2[C@@H]1c1ccc(OC)c(Br)c1. The van der Waals surface area contributed by atoms with E-state index in [0.717, 1.165) is 0 Å². The van der Waals surface area contributed by atoms with E-state index in [0.29, 0.717) is 63.5 Å². The summed E-state index contributed by atoms with van der Waals surface area (Å²) in [5.74, 6) is 1.07. The Morgan fingerprint density at radius 3 is 2.72 bits per heavy atom. The van der Waals surface area contributed by atoms with Crippen molar-refractivity contribution >= 4 is 62.5 Å². The van der Waals surface area contributed by atoms with Gasteiger partial charge in [0.15, 0.2) is 4.80 Å². The number of aromatic nitrogens is 1. The van der Waals surface area contributed by atoms with Crippen molar-refractivity contribution in [1.29, 1.82) is 0 Å². The molecule has 1 aliphatic heterocycles. The van der Waals surface area contributed by atoms with Gasteiger partial charge >= 0.3 is 5.97 Å². The lowest BCUT2D eigenvalue weighted by Crippen LogP contribution is -2.39. The van der Waals surface area contributed by atoms with E-state index in [2.05, 4.69) is 20.9 Å². The Bertz CT molecular complexity index is 1820. The molecule has 0 saturated carbocycles. The predicted molar refractivity (Wildman–Crippen MR) is 155 cm³/mol. The molecule has 2 aromatic carbocycles. The lowest BCUT2D eigenvalue weighted by molar-refractivity contribution is -0.139. The molecule has 3 heterocycles. The van der Waals surface area contributed by atoms with Crippen molar-refractivity contribution in [2.75, 3.05) is 13.7 Å². The number of benzene rings is 2. The number of methoxy groups -OCH3 is 1. The van der Waals surface area contributed by atoms with E-state index in [-0.39, 0.29) is 12.2 Å². The molecule has 0 unspecified atom stereocenters. The van der Waals surface area contributed by atoms with Gasteiger partial charge in [0.05, 0.1) is 45.1 Å². The van der Waals surface area contributed by atoms with Crippen molar-refractivity contribution in [2.45, 2.75) is 19.9 Å². The maximum atomic E-state index is 13.8. The third-order valence-corrected chi connectivity index (χ3v) is 8.27. The zero-order valence-electron chi connectivity index (χ0n) is 21.0. The van der Waals surface area contributed by atoms with Crippen LogP contribution in [0.25, 0.3) is 17.4 Å². The van der Waals surface area contributed by atoms with Crippen LogP contribution >= 0.6 is 50.5 Å². The number of nitrogens with zero attached hydrogens (tertiary/aromatic N) is 2. The average molecular weight is 648 g/mol. The van der Waals surface area contributed by atoms with Gasteiger partial charge in [0.25, 0.3) is 5.56 Å². The molecule has 0 spiro atoms. The predicted octanol–water partition coefficient (Wildman–Crippen LogP) is 6.14. The standard InChI is InChI=1S/C28H21BrCl2N2O5S/c1-4-37-27(35)24-14(2)32-28-33(25(24)15-5-9-22(36-3)19(29)11-15)26(34)23(39-28)13-17-7-10-21(38-17)18-12-16(30)6-8-20(18)31/h5-13,25H,4H2,1-3H3/b23-13+/t25-/m1/s1. The Morgan fingerprint density at radius 2 is 2.00 bits per heavy atom. The van der Waals surface area contributed by atoms with Crippen molar-refractivity contribution in [1.82, 2.24) is 4.57 Å². The molecule has 2 aromatic heterocycles. The van der Waals surface area contributed by atoms with Crippen LogP contribution in [0, 0.1) is 0 Å². The van der Waals surface area contributed by atoms with Gasteiger partial charge in [0.1, 0.15) is 17.3 Å². The van der Waals surface area contributed by atoms with Crippen LogP contribution in [0.1, 0.15) is 31.2 Å². The highest BCUT2D eigenvalue weighted by molar-refractivity contribution is 9.10. The van der Waals surface area contributed by atoms with Gasteiger partial charge in [-0.1, -0.05) is 40.6 Å². The Hall–Kier alpha value is -3.11. The molecule has 4 aromatic rings. The zero-order valence-corrected chi connectivity index (χ0v) is 24.9. The lowest BCUT2D eigenvalue weighted by Gasteiger charge is -2.25. The summed E-state index contributed by atoms with van der Waals surface area (Å²) in [5.41, 5.74) is 1.80. The van der Waals surface area contributed by atoms with Crippen molar-refractivity contribution in [2.24, 2.45) is 4.99 Å². The number of fused-ring (bicyclic) bond motifs is 1. The van der Waals surface area contributed by atoms with Gasteiger partial charge in [-0.05, 0) is 77.8 Å². The Kier molecular flexibility index (Phi) is 7.87. The number of esters is 1. The van der Waals surface area contributed by atoms with Crippen molar-refractivity contribution < 1.29 is 18.7 Å². The number of furan rings is 1. The maximum Gasteiger partial charge on any atom is 0.338 e. The summed E-state index contributed by atoms with van der Waals surface area (Å²) < 4.78 is 19.3. The Labute approximate surface area is 245 Å². The van der Waals surface area contributed by atoms with E-state index >= 15 is 0 Å². The summed E-state index contributed by atoms with van der Waals surface area (Å²) in [6.45, 7) is 3.66. The second-order valence-electron chi connectivity index (χ2n) is 8.52. The van der Waals surface area contributed by atoms with Crippen LogP contribution in [0.15, 0.2) is 78.5 Å². The molecular weight excluding hydrogens is 627 g/mol. The minimum Gasteiger partial charge on any atom is -0.496 e. The molecule has 11 heteroatoms. The topological polar surface area (TPSA) is 83.0 Å². The molecule has 0 radical (unpaired) electrons. The van der Waals surface area contributed by atoms with E-state index < -0.39 is 12.0 Å². The molecule has 1 atom stereocenters. The summed E-state index contributed by atoms with van der Waals surface area (Å²) in [6.07, 6.45) is 1.65. The normalized spacial score (nSPS) is 15.2. The average Bonchev–Trinajstić information content (AvgIpc) is 3.49. The minimum atomic E-state index is -0.748. The smallest absolute Gasteiger partial charge is 0.338 e. The van der Waals surface area contributed by atoms with E-state index in [4.69, 9.17) is 37.1 Å². The van der Waals surface area contributed by atoms with E-state index in [9.17, 15) is 9.59 Å². The number of carbonyl (C=O) groups is 1. The van der Waals surface area contributed by atoms with Gasteiger partial charge in [0, 0.05) is 16.7 Å². The van der Waals surface area contributed by atoms with E-state index in [1.54, 1.807) is 63.4 Å². The first-order valence-corrected chi connectivity index (χ1v) is 14.2. The van der Waals surface area contributed by atoms with Crippen LogP contribution in [-0.4, -0.2) is 24.3 Å². The number of rotatable bonds is 6. The van der Waals surface area contributed by atoms with Crippen LogP contribution in [0.4, 0.5) is 0 Å². The number of thiazole rings is 1. The van der Waals surface area contributed by atoms with Crippen LogP contribution in [-0.2, 0) is 9.53 Å². The molecule has 0 bridgehead atoms. The number of hydrogen-bond donors (Lipinski definition) is 0. The lowest BCUT2D eigenvalue weighted by atomic mass is 9.96. The van der Waals surface area contributed by atoms with Crippen LogP contribution in [0.2, 0.25) is 10.0 Å². The number of carbonyl (C=O) groups excluding carboxylic acids is 1.